The molecule has 2 rings (SSSR count). The highest BCUT2D eigenvalue weighted by Crippen LogP contribution is 2.22. The van der Waals surface area contributed by atoms with E-state index < -0.39 is 0 Å². The highest BCUT2D eigenvalue weighted by molar-refractivity contribution is 5.44. The lowest BCUT2D eigenvalue weighted by Gasteiger charge is -2.36. The third kappa shape index (κ3) is 3.32. The van der Waals surface area contributed by atoms with Crippen LogP contribution in [-0.2, 0) is 0 Å². The number of nitrogens with one attached hydrogen (secondary N) is 1. The van der Waals surface area contributed by atoms with Crippen LogP contribution in [-0.4, -0.2) is 54.6 Å². The molecule has 1 aliphatic rings. The van der Waals surface area contributed by atoms with Crippen molar-refractivity contribution in [3.63, 3.8) is 0 Å². The van der Waals surface area contributed by atoms with Crippen molar-refractivity contribution in [3.05, 3.63) is 12.0 Å². The first-order valence-corrected chi connectivity index (χ1v) is 6.79. The van der Waals surface area contributed by atoms with Crippen molar-refractivity contribution in [1.29, 1.82) is 0 Å². The standard InChI is InChI=1S/C13H22FN5/c1-4-15-13-16-8-11(14)12(17-13)19(3)10-6-5-7-18(2)9-10/h8,10H,4-7,9H2,1-3H3,(H,15,16,17). The molecule has 106 valence electrons. The summed E-state index contributed by atoms with van der Waals surface area (Å²) in [6.45, 7) is 4.74. The minimum atomic E-state index is -0.364. The van der Waals surface area contributed by atoms with Crippen LogP contribution in [0.1, 0.15) is 19.8 Å². The average Bonchev–Trinajstić information content (AvgIpc) is 2.40. The largest absolute Gasteiger partial charge is 0.354 e. The van der Waals surface area contributed by atoms with Gasteiger partial charge in [-0.25, -0.2) is 9.37 Å². The molecule has 0 amide bonds. The van der Waals surface area contributed by atoms with Gasteiger partial charge in [0, 0.05) is 26.2 Å². The first kappa shape index (κ1) is 14.0. The van der Waals surface area contributed by atoms with Crippen molar-refractivity contribution in [2.45, 2.75) is 25.8 Å². The van der Waals surface area contributed by atoms with E-state index in [-0.39, 0.29) is 5.82 Å². The fraction of sp³-hybridized carbons (Fsp3) is 0.692. The van der Waals surface area contributed by atoms with Crippen molar-refractivity contribution >= 4 is 11.8 Å². The van der Waals surface area contributed by atoms with Crippen molar-refractivity contribution in [1.82, 2.24) is 14.9 Å². The molecule has 1 atom stereocenters. The Morgan fingerprint density at radius 2 is 2.37 bits per heavy atom. The number of anilines is 2. The number of aromatic nitrogens is 2. The Morgan fingerprint density at radius 1 is 1.58 bits per heavy atom. The molecule has 1 aliphatic heterocycles. The van der Waals surface area contributed by atoms with Gasteiger partial charge in [-0.15, -0.1) is 0 Å². The molecule has 1 N–H and O–H groups in total. The lowest BCUT2D eigenvalue weighted by atomic mass is 10.1. The number of nitrogens with zero attached hydrogens (tertiary/aromatic N) is 4. The first-order valence-electron chi connectivity index (χ1n) is 6.79. The number of piperidine rings is 1. The molecule has 0 radical (unpaired) electrons. The van der Waals surface area contributed by atoms with Gasteiger partial charge in [0.05, 0.1) is 6.20 Å². The quantitative estimate of drug-likeness (QED) is 0.897. The summed E-state index contributed by atoms with van der Waals surface area (Å²) in [5, 5.41) is 3.02. The van der Waals surface area contributed by atoms with Gasteiger partial charge in [-0.05, 0) is 33.4 Å². The Bertz CT molecular complexity index is 425. The van der Waals surface area contributed by atoms with Crippen molar-refractivity contribution in [3.8, 4) is 0 Å². The zero-order valence-electron chi connectivity index (χ0n) is 11.9. The van der Waals surface area contributed by atoms with Gasteiger partial charge in [0.25, 0.3) is 0 Å². The molecule has 6 heteroatoms. The summed E-state index contributed by atoms with van der Waals surface area (Å²) in [5.74, 6) is 0.499. The van der Waals surface area contributed by atoms with Crippen LogP contribution in [0.4, 0.5) is 16.2 Å². The summed E-state index contributed by atoms with van der Waals surface area (Å²) in [7, 11) is 4.01. The van der Waals surface area contributed by atoms with E-state index in [1.54, 1.807) is 0 Å². The maximum Gasteiger partial charge on any atom is 0.224 e. The SMILES string of the molecule is CCNc1ncc(F)c(N(C)C2CCCN(C)C2)n1. The molecule has 1 saturated heterocycles. The van der Waals surface area contributed by atoms with E-state index in [1.807, 2.05) is 18.9 Å². The predicted molar refractivity (Wildman–Crippen MR) is 75.1 cm³/mol. The fourth-order valence-electron chi connectivity index (χ4n) is 2.48. The summed E-state index contributed by atoms with van der Waals surface area (Å²) in [6.07, 6.45) is 3.45. The third-order valence-electron chi connectivity index (χ3n) is 3.54. The van der Waals surface area contributed by atoms with Gasteiger partial charge in [0.2, 0.25) is 5.95 Å². The second-order valence-corrected chi connectivity index (χ2v) is 5.06. The predicted octanol–water partition coefficient (Wildman–Crippen LogP) is 1.58. The monoisotopic (exact) mass is 267 g/mol. The minimum Gasteiger partial charge on any atom is -0.354 e. The lowest BCUT2D eigenvalue weighted by molar-refractivity contribution is 0.247. The van der Waals surface area contributed by atoms with Crippen molar-refractivity contribution < 1.29 is 4.39 Å². The Labute approximate surface area is 113 Å². The third-order valence-corrected chi connectivity index (χ3v) is 3.54. The molecular weight excluding hydrogens is 245 g/mol. The second-order valence-electron chi connectivity index (χ2n) is 5.06. The van der Waals surface area contributed by atoms with Gasteiger partial charge in [0.15, 0.2) is 11.6 Å². The Balaban J connectivity index is 2.17. The van der Waals surface area contributed by atoms with Crippen LogP contribution in [0.5, 0.6) is 0 Å². The van der Waals surface area contributed by atoms with E-state index in [2.05, 4.69) is 27.2 Å². The number of likely N-dealkylation sites (N-methyl/N-ethyl adjacent to an activating group) is 2. The van der Waals surface area contributed by atoms with Gasteiger partial charge in [0.1, 0.15) is 0 Å². The number of hydrogen-bond donors (Lipinski definition) is 1. The maximum atomic E-state index is 13.9. The van der Waals surface area contributed by atoms with Crippen LogP contribution in [0.25, 0.3) is 0 Å². The van der Waals surface area contributed by atoms with E-state index in [0.717, 1.165) is 32.5 Å². The number of likely N-dealkylation sites (tertiary alicyclic amines) is 1. The van der Waals surface area contributed by atoms with E-state index >= 15 is 0 Å². The molecule has 19 heavy (non-hydrogen) atoms. The molecule has 2 heterocycles. The topological polar surface area (TPSA) is 44.3 Å². The molecule has 0 aromatic carbocycles. The van der Waals surface area contributed by atoms with Gasteiger partial charge in [-0.1, -0.05) is 0 Å². The second kappa shape index (κ2) is 6.14. The summed E-state index contributed by atoms with van der Waals surface area (Å²) in [6, 6.07) is 0.303. The van der Waals surface area contributed by atoms with E-state index in [0.29, 0.717) is 17.8 Å². The van der Waals surface area contributed by atoms with Crippen molar-refractivity contribution in [2.24, 2.45) is 0 Å². The Kier molecular flexibility index (Phi) is 4.52. The molecule has 0 bridgehead atoms. The van der Waals surface area contributed by atoms with Crippen LogP contribution in [0.2, 0.25) is 0 Å². The van der Waals surface area contributed by atoms with Crippen LogP contribution >= 0.6 is 0 Å². The fourth-order valence-corrected chi connectivity index (χ4v) is 2.48. The zero-order chi connectivity index (χ0) is 13.8. The normalized spacial score (nSPS) is 20.3. The van der Waals surface area contributed by atoms with E-state index in [1.165, 1.54) is 6.20 Å². The van der Waals surface area contributed by atoms with Gasteiger partial charge < -0.3 is 15.1 Å². The lowest BCUT2D eigenvalue weighted by Crippen LogP contribution is -2.45. The molecular formula is C13H22FN5. The number of halogens is 1. The number of hydrogen-bond acceptors (Lipinski definition) is 5. The van der Waals surface area contributed by atoms with Crippen LogP contribution in [0, 0.1) is 5.82 Å². The highest BCUT2D eigenvalue weighted by atomic mass is 19.1. The minimum absolute atomic E-state index is 0.303. The van der Waals surface area contributed by atoms with E-state index in [9.17, 15) is 4.39 Å². The Morgan fingerprint density at radius 3 is 3.05 bits per heavy atom. The van der Waals surface area contributed by atoms with Crippen molar-refractivity contribution in [2.75, 3.05) is 43.9 Å². The summed E-state index contributed by atoms with van der Waals surface area (Å²) >= 11 is 0. The Hall–Kier alpha value is -1.43. The van der Waals surface area contributed by atoms with Crippen LogP contribution in [0.3, 0.4) is 0 Å². The van der Waals surface area contributed by atoms with Gasteiger partial charge in [-0.3, -0.25) is 0 Å². The average molecular weight is 267 g/mol. The van der Waals surface area contributed by atoms with Gasteiger partial charge in [-0.2, -0.15) is 4.98 Å². The molecule has 1 aromatic rings. The molecule has 0 spiro atoms. The smallest absolute Gasteiger partial charge is 0.224 e. The highest BCUT2D eigenvalue weighted by Gasteiger charge is 2.24. The molecule has 0 aliphatic carbocycles. The van der Waals surface area contributed by atoms with E-state index in [4.69, 9.17) is 0 Å². The first-order chi connectivity index (χ1) is 9.11. The summed E-state index contributed by atoms with van der Waals surface area (Å²) in [5.41, 5.74) is 0. The molecule has 1 unspecified atom stereocenters. The summed E-state index contributed by atoms with van der Waals surface area (Å²) in [4.78, 5) is 12.4. The van der Waals surface area contributed by atoms with Crippen LogP contribution in [0.15, 0.2) is 6.20 Å². The number of rotatable bonds is 4. The molecule has 1 fully saturated rings. The summed E-state index contributed by atoms with van der Waals surface area (Å²) < 4.78 is 13.9. The molecule has 0 saturated carbocycles. The maximum absolute atomic E-state index is 13.9. The molecule has 5 nitrogen and oxygen atoms in total. The van der Waals surface area contributed by atoms with Crippen LogP contribution < -0.4 is 10.2 Å². The van der Waals surface area contributed by atoms with Gasteiger partial charge >= 0.3 is 0 Å². The zero-order valence-corrected chi connectivity index (χ0v) is 11.9. The molecule has 1 aromatic heterocycles.